The van der Waals surface area contributed by atoms with Crippen molar-refractivity contribution in [2.75, 3.05) is 6.54 Å². The first-order valence-corrected chi connectivity index (χ1v) is 5.59. The van der Waals surface area contributed by atoms with E-state index in [1.165, 1.54) is 18.4 Å². The first kappa shape index (κ1) is 10.2. The maximum absolute atomic E-state index is 11.2. The third-order valence-electron chi connectivity index (χ3n) is 3.18. The topological polar surface area (TPSA) is 29.1 Å². The molecule has 0 aliphatic heterocycles. The van der Waals surface area contributed by atoms with Crippen molar-refractivity contribution in [2.45, 2.75) is 31.6 Å². The molecule has 1 saturated carbocycles. The second kappa shape index (κ2) is 4.05. The second-order valence-corrected chi connectivity index (χ2v) is 4.28. The molecular formula is C13H17NO. The van der Waals surface area contributed by atoms with E-state index >= 15 is 0 Å². The van der Waals surface area contributed by atoms with Gasteiger partial charge in [0.05, 0.1) is 0 Å². The SMILES string of the molecule is CCC(=O)NCC1(c2ccccc2)CC1. The van der Waals surface area contributed by atoms with Gasteiger partial charge in [0.25, 0.3) is 0 Å². The van der Waals surface area contributed by atoms with E-state index in [1.807, 2.05) is 13.0 Å². The van der Waals surface area contributed by atoms with Crippen molar-refractivity contribution in [1.82, 2.24) is 5.32 Å². The largest absolute Gasteiger partial charge is 0.355 e. The summed E-state index contributed by atoms with van der Waals surface area (Å²) < 4.78 is 0. The number of rotatable bonds is 4. The van der Waals surface area contributed by atoms with Gasteiger partial charge < -0.3 is 5.32 Å². The van der Waals surface area contributed by atoms with Gasteiger partial charge in [0, 0.05) is 18.4 Å². The van der Waals surface area contributed by atoms with E-state index in [-0.39, 0.29) is 11.3 Å². The minimum atomic E-state index is 0.150. The molecular weight excluding hydrogens is 186 g/mol. The van der Waals surface area contributed by atoms with Crippen LogP contribution in [0.5, 0.6) is 0 Å². The van der Waals surface area contributed by atoms with E-state index in [9.17, 15) is 4.79 Å². The van der Waals surface area contributed by atoms with Gasteiger partial charge in [-0.3, -0.25) is 4.79 Å². The van der Waals surface area contributed by atoms with E-state index < -0.39 is 0 Å². The van der Waals surface area contributed by atoms with Gasteiger partial charge in [-0.05, 0) is 18.4 Å². The Morgan fingerprint density at radius 1 is 1.33 bits per heavy atom. The lowest BCUT2D eigenvalue weighted by molar-refractivity contribution is -0.120. The predicted octanol–water partition coefficient (Wildman–Crippen LogP) is 2.24. The van der Waals surface area contributed by atoms with Crippen LogP contribution in [-0.4, -0.2) is 12.5 Å². The average Bonchev–Trinajstić information content (AvgIpc) is 3.08. The Kier molecular flexibility index (Phi) is 2.76. The lowest BCUT2D eigenvalue weighted by atomic mass is 9.96. The van der Waals surface area contributed by atoms with Crippen molar-refractivity contribution in [1.29, 1.82) is 0 Å². The van der Waals surface area contributed by atoms with Crippen LogP contribution in [-0.2, 0) is 10.2 Å². The number of benzene rings is 1. The Morgan fingerprint density at radius 2 is 2.00 bits per heavy atom. The van der Waals surface area contributed by atoms with Crippen LogP contribution in [0.4, 0.5) is 0 Å². The molecule has 80 valence electrons. The monoisotopic (exact) mass is 203 g/mol. The Hall–Kier alpha value is -1.31. The molecule has 0 unspecified atom stereocenters. The van der Waals surface area contributed by atoms with Crippen LogP contribution in [0, 0.1) is 0 Å². The normalized spacial score (nSPS) is 17.1. The van der Waals surface area contributed by atoms with Crippen LogP contribution in [0.2, 0.25) is 0 Å². The van der Waals surface area contributed by atoms with E-state index in [1.54, 1.807) is 0 Å². The molecule has 0 heterocycles. The molecule has 15 heavy (non-hydrogen) atoms. The van der Waals surface area contributed by atoms with Crippen LogP contribution in [0.3, 0.4) is 0 Å². The first-order valence-electron chi connectivity index (χ1n) is 5.59. The third kappa shape index (κ3) is 2.20. The van der Waals surface area contributed by atoms with Gasteiger partial charge in [0.1, 0.15) is 0 Å². The van der Waals surface area contributed by atoms with Gasteiger partial charge in [-0.1, -0.05) is 37.3 Å². The van der Waals surface area contributed by atoms with E-state index in [0.717, 1.165) is 6.54 Å². The number of nitrogens with one attached hydrogen (secondary N) is 1. The zero-order chi connectivity index (χ0) is 10.7. The highest BCUT2D eigenvalue weighted by Crippen LogP contribution is 2.47. The average molecular weight is 203 g/mol. The number of carbonyl (C=O) groups is 1. The molecule has 1 fully saturated rings. The molecule has 1 N–H and O–H groups in total. The van der Waals surface area contributed by atoms with Gasteiger partial charge >= 0.3 is 0 Å². The van der Waals surface area contributed by atoms with Gasteiger partial charge in [0.15, 0.2) is 0 Å². The van der Waals surface area contributed by atoms with Crippen molar-refractivity contribution < 1.29 is 4.79 Å². The summed E-state index contributed by atoms with van der Waals surface area (Å²) in [6.45, 7) is 2.68. The van der Waals surface area contributed by atoms with Crippen molar-refractivity contribution in [3.63, 3.8) is 0 Å². The number of carbonyl (C=O) groups excluding carboxylic acids is 1. The second-order valence-electron chi connectivity index (χ2n) is 4.28. The highest BCUT2D eigenvalue weighted by Gasteiger charge is 2.43. The number of hydrogen-bond acceptors (Lipinski definition) is 1. The molecule has 1 aromatic carbocycles. The standard InChI is InChI=1S/C13H17NO/c1-2-12(15)14-10-13(8-9-13)11-6-4-3-5-7-11/h3-7H,2,8-10H2,1H3,(H,14,15). The molecule has 0 radical (unpaired) electrons. The zero-order valence-electron chi connectivity index (χ0n) is 9.12. The Bertz CT molecular complexity index is 341. The van der Waals surface area contributed by atoms with Crippen LogP contribution in [0.25, 0.3) is 0 Å². The number of amides is 1. The summed E-state index contributed by atoms with van der Waals surface area (Å²) >= 11 is 0. The molecule has 0 atom stereocenters. The fourth-order valence-corrected chi connectivity index (χ4v) is 1.90. The summed E-state index contributed by atoms with van der Waals surface area (Å²) in [7, 11) is 0. The van der Waals surface area contributed by atoms with Crippen molar-refractivity contribution >= 4 is 5.91 Å². The Balaban J connectivity index is 2.00. The lowest BCUT2D eigenvalue weighted by Gasteiger charge is -2.16. The van der Waals surface area contributed by atoms with Crippen LogP contribution >= 0.6 is 0 Å². The zero-order valence-corrected chi connectivity index (χ0v) is 9.12. The van der Waals surface area contributed by atoms with Crippen LogP contribution in [0.15, 0.2) is 30.3 Å². The van der Waals surface area contributed by atoms with Crippen LogP contribution < -0.4 is 5.32 Å². The van der Waals surface area contributed by atoms with E-state index in [2.05, 4.69) is 29.6 Å². The quantitative estimate of drug-likeness (QED) is 0.799. The number of hydrogen-bond donors (Lipinski definition) is 1. The molecule has 0 aromatic heterocycles. The molecule has 0 bridgehead atoms. The summed E-state index contributed by atoms with van der Waals surface area (Å²) in [5, 5.41) is 2.99. The van der Waals surface area contributed by atoms with Crippen molar-refractivity contribution in [3.8, 4) is 0 Å². The summed E-state index contributed by atoms with van der Waals surface area (Å²) in [4.78, 5) is 11.2. The maximum atomic E-state index is 11.2. The van der Waals surface area contributed by atoms with Gasteiger partial charge in [0.2, 0.25) is 5.91 Å². The Labute approximate surface area is 90.7 Å². The Morgan fingerprint density at radius 3 is 2.53 bits per heavy atom. The lowest BCUT2D eigenvalue weighted by Crippen LogP contribution is -2.31. The van der Waals surface area contributed by atoms with E-state index in [4.69, 9.17) is 0 Å². The predicted molar refractivity (Wildman–Crippen MR) is 60.7 cm³/mol. The van der Waals surface area contributed by atoms with Gasteiger partial charge in [-0.15, -0.1) is 0 Å². The van der Waals surface area contributed by atoms with E-state index in [0.29, 0.717) is 6.42 Å². The fraction of sp³-hybridized carbons (Fsp3) is 0.462. The minimum absolute atomic E-state index is 0.150. The molecule has 2 heteroatoms. The molecule has 1 aliphatic carbocycles. The molecule has 0 saturated heterocycles. The molecule has 2 nitrogen and oxygen atoms in total. The highest BCUT2D eigenvalue weighted by atomic mass is 16.1. The summed E-state index contributed by atoms with van der Waals surface area (Å²) in [5.41, 5.74) is 1.60. The van der Waals surface area contributed by atoms with Gasteiger partial charge in [-0.2, -0.15) is 0 Å². The summed E-state index contributed by atoms with van der Waals surface area (Å²) in [6, 6.07) is 10.5. The first-order chi connectivity index (χ1) is 7.27. The third-order valence-corrected chi connectivity index (χ3v) is 3.18. The fourth-order valence-electron chi connectivity index (χ4n) is 1.90. The van der Waals surface area contributed by atoms with Crippen molar-refractivity contribution in [3.05, 3.63) is 35.9 Å². The van der Waals surface area contributed by atoms with Gasteiger partial charge in [-0.25, -0.2) is 0 Å². The molecule has 1 amide bonds. The maximum Gasteiger partial charge on any atom is 0.219 e. The molecule has 1 aliphatic rings. The minimum Gasteiger partial charge on any atom is -0.355 e. The smallest absolute Gasteiger partial charge is 0.219 e. The van der Waals surface area contributed by atoms with Crippen molar-refractivity contribution in [2.24, 2.45) is 0 Å². The molecule has 1 aromatic rings. The molecule has 2 rings (SSSR count). The van der Waals surface area contributed by atoms with Crippen LogP contribution in [0.1, 0.15) is 31.7 Å². The highest BCUT2D eigenvalue weighted by molar-refractivity contribution is 5.75. The summed E-state index contributed by atoms with van der Waals surface area (Å²) in [5.74, 6) is 0.150. The summed E-state index contributed by atoms with van der Waals surface area (Å²) in [6.07, 6.45) is 2.97. The molecule has 0 spiro atoms.